The fourth-order valence-corrected chi connectivity index (χ4v) is 1.70. The third-order valence-electron chi connectivity index (χ3n) is 2.63. The van der Waals surface area contributed by atoms with Crippen molar-refractivity contribution in [3.63, 3.8) is 0 Å². The summed E-state index contributed by atoms with van der Waals surface area (Å²) >= 11 is 0. The molecular formula is C12H14N2O2. The third kappa shape index (κ3) is 1.66. The number of aromatic nitrogens is 1. The molecule has 0 saturated carbocycles. The van der Waals surface area contributed by atoms with Crippen molar-refractivity contribution in [1.82, 2.24) is 4.57 Å². The zero-order valence-electron chi connectivity index (χ0n) is 9.60. The molecule has 4 nitrogen and oxygen atoms in total. The van der Waals surface area contributed by atoms with Crippen LogP contribution in [0.3, 0.4) is 0 Å². The molecule has 1 heterocycles. The van der Waals surface area contributed by atoms with E-state index in [1.165, 1.54) is 6.07 Å². The van der Waals surface area contributed by atoms with Crippen LogP contribution in [0.2, 0.25) is 0 Å². The molecule has 0 N–H and O–H groups in total. The molecule has 2 aromatic rings. The standard InChI is InChI=1S/C12H14N2O2/c1-12(2,3)13-7-9-5-4-6-11(14(15)16)10(9)8-13/h4-8H,1-3H3. The second kappa shape index (κ2) is 3.33. The number of non-ortho nitro benzene ring substituents is 1. The summed E-state index contributed by atoms with van der Waals surface area (Å²) in [6, 6.07) is 5.15. The Morgan fingerprint density at radius 2 is 1.94 bits per heavy atom. The Morgan fingerprint density at radius 3 is 2.50 bits per heavy atom. The van der Waals surface area contributed by atoms with E-state index in [1.54, 1.807) is 6.07 Å². The van der Waals surface area contributed by atoms with Gasteiger partial charge in [0.2, 0.25) is 0 Å². The highest BCUT2D eigenvalue weighted by atomic mass is 16.6. The van der Waals surface area contributed by atoms with E-state index in [0.29, 0.717) is 5.39 Å². The predicted molar refractivity (Wildman–Crippen MR) is 63.6 cm³/mol. The van der Waals surface area contributed by atoms with E-state index in [1.807, 2.05) is 23.0 Å². The number of benzene rings is 1. The molecule has 0 aliphatic rings. The Kier molecular flexibility index (Phi) is 2.22. The first-order valence-corrected chi connectivity index (χ1v) is 5.15. The summed E-state index contributed by atoms with van der Waals surface area (Å²) in [5, 5.41) is 12.5. The van der Waals surface area contributed by atoms with Crippen LogP contribution < -0.4 is 0 Å². The van der Waals surface area contributed by atoms with Crippen LogP contribution in [-0.4, -0.2) is 9.49 Å². The highest BCUT2D eigenvalue weighted by Crippen LogP contribution is 2.28. The Morgan fingerprint density at radius 1 is 1.25 bits per heavy atom. The van der Waals surface area contributed by atoms with E-state index in [-0.39, 0.29) is 16.1 Å². The van der Waals surface area contributed by atoms with Gasteiger partial charge in [0.25, 0.3) is 5.69 Å². The molecule has 0 atom stereocenters. The van der Waals surface area contributed by atoms with Crippen molar-refractivity contribution < 1.29 is 4.92 Å². The molecule has 0 radical (unpaired) electrons. The molecule has 0 spiro atoms. The summed E-state index contributed by atoms with van der Waals surface area (Å²) in [7, 11) is 0. The van der Waals surface area contributed by atoms with E-state index in [9.17, 15) is 10.1 Å². The zero-order valence-corrected chi connectivity index (χ0v) is 9.60. The Labute approximate surface area is 93.6 Å². The van der Waals surface area contributed by atoms with Crippen LogP contribution in [0, 0.1) is 10.1 Å². The monoisotopic (exact) mass is 218 g/mol. The van der Waals surface area contributed by atoms with Gasteiger partial charge in [-0.1, -0.05) is 12.1 Å². The SMILES string of the molecule is CC(C)(C)n1cc2cccc([N+](=O)[O-])c2c1. The van der Waals surface area contributed by atoms with Gasteiger partial charge in [0.15, 0.2) is 0 Å². The summed E-state index contributed by atoms with van der Waals surface area (Å²) in [4.78, 5) is 10.5. The minimum absolute atomic E-state index is 0.0626. The lowest BCUT2D eigenvalue weighted by Gasteiger charge is -2.20. The van der Waals surface area contributed by atoms with E-state index in [0.717, 1.165) is 5.39 Å². The van der Waals surface area contributed by atoms with E-state index >= 15 is 0 Å². The summed E-state index contributed by atoms with van der Waals surface area (Å²) in [6.45, 7) is 6.20. The molecule has 0 aliphatic heterocycles. The van der Waals surface area contributed by atoms with Crippen LogP contribution in [0.15, 0.2) is 30.6 Å². The summed E-state index contributed by atoms with van der Waals surface area (Å²) in [5.74, 6) is 0. The maximum Gasteiger partial charge on any atom is 0.278 e. The highest BCUT2D eigenvalue weighted by molar-refractivity contribution is 5.90. The van der Waals surface area contributed by atoms with Crippen molar-refractivity contribution in [2.45, 2.75) is 26.3 Å². The van der Waals surface area contributed by atoms with E-state index < -0.39 is 0 Å². The second-order valence-electron chi connectivity index (χ2n) is 4.87. The molecule has 4 heteroatoms. The highest BCUT2D eigenvalue weighted by Gasteiger charge is 2.17. The number of nitro benzene ring substituents is 1. The number of nitro groups is 1. The lowest BCUT2D eigenvalue weighted by Crippen LogP contribution is -2.19. The first kappa shape index (κ1) is 10.7. The van der Waals surface area contributed by atoms with Crippen molar-refractivity contribution in [3.8, 4) is 0 Å². The van der Waals surface area contributed by atoms with Crippen LogP contribution in [0.5, 0.6) is 0 Å². The normalized spacial score (nSPS) is 11.9. The summed E-state index contributed by atoms with van der Waals surface area (Å²) < 4.78 is 2.00. The average molecular weight is 218 g/mol. The fraction of sp³-hybridized carbons (Fsp3) is 0.333. The number of nitrogens with zero attached hydrogens (tertiary/aromatic N) is 2. The average Bonchev–Trinajstić information content (AvgIpc) is 2.59. The van der Waals surface area contributed by atoms with Crippen LogP contribution in [0.4, 0.5) is 5.69 Å². The molecule has 1 aromatic carbocycles. The Balaban J connectivity index is 2.71. The van der Waals surface area contributed by atoms with E-state index in [4.69, 9.17) is 0 Å². The van der Waals surface area contributed by atoms with Gasteiger partial charge in [-0.3, -0.25) is 10.1 Å². The van der Waals surface area contributed by atoms with Crippen LogP contribution in [-0.2, 0) is 5.54 Å². The van der Waals surface area contributed by atoms with Crippen LogP contribution in [0.25, 0.3) is 10.8 Å². The van der Waals surface area contributed by atoms with E-state index in [2.05, 4.69) is 20.8 Å². The van der Waals surface area contributed by atoms with Gasteiger partial charge >= 0.3 is 0 Å². The van der Waals surface area contributed by atoms with Gasteiger partial charge in [0.1, 0.15) is 0 Å². The molecule has 84 valence electrons. The molecule has 0 fully saturated rings. The minimum Gasteiger partial charge on any atom is -0.348 e. The quantitative estimate of drug-likeness (QED) is 0.544. The Bertz CT molecular complexity index is 550. The van der Waals surface area contributed by atoms with Gasteiger partial charge in [-0.15, -0.1) is 0 Å². The van der Waals surface area contributed by atoms with Crippen LogP contribution in [0.1, 0.15) is 20.8 Å². The lowest BCUT2D eigenvalue weighted by molar-refractivity contribution is -0.383. The summed E-state index contributed by atoms with van der Waals surface area (Å²) in [6.07, 6.45) is 3.79. The van der Waals surface area contributed by atoms with Gasteiger partial charge in [0, 0.05) is 29.4 Å². The van der Waals surface area contributed by atoms with Crippen molar-refractivity contribution in [1.29, 1.82) is 0 Å². The number of fused-ring (bicyclic) bond motifs is 1. The van der Waals surface area contributed by atoms with Gasteiger partial charge in [-0.2, -0.15) is 0 Å². The number of rotatable bonds is 1. The molecule has 0 unspecified atom stereocenters. The Hall–Kier alpha value is -1.84. The molecule has 0 amide bonds. The zero-order chi connectivity index (χ0) is 11.9. The predicted octanol–water partition coefficient (Wildman–Crippen LogP) is 3.30. The topological polar surface area (TPSA) is 48.1 Å². The molecule has 2 rings (SSSR count). The minimum atomic E-state index is -0.338. The number of hydrogen-bond donors (Lipinski definition) is 0. The molecular weight excluding hydrogens is 204 g/mol. The van der Waals surface area contributed by atoms with Crippen molar-refractivity contribution in [2.75, 3.05) is 0 Å². The maximum atomic E-state index is 10.9. The molecule has 16 heavy (non-hydrogen) atoms. The second-order valence-corrected chi connectivity index (χ2v) is 4.87. The first-order valence-electron chi connectivity index (χ1n) is 5.15. The molecule has 0 aliphatic carbocycles. The van der Waals surface area contributed by atoms with Crippen LogP contribution >= 0.6 is 0 Å². The van der Waals surface area contributed by atoms with Gasteiger partial charge in [-0.05, 0) is 20.8 Å². The first-order chi connectivity index (χ1) is 7.39. The lowest BCUT2D eigenvalue weighted by atomic mass is 10.1. The molecule has 0 saturated heterocycles. The maximum absolute atomic E-state index is 10.9. The van der Waals surface area contributed by atoms with Gasteiger partial charge in [0.05, 0.1) is 10.3 Å². The van der Waals surface area contributed by atoms with Gasteiger partial charge in [-0.25, -0.2) is 0 Å². The summed E-state index contributed by atoms with van der Waals surface area (Å²) in [5.41, 5.74) is 0.105. The van der Waals surface area contributed by atoms with Crippen molar-refractivity contribution >= 4 is 16.5 Å². The number of hydrogen-bond acceptors (Lipinski definition) is 2. The van der Waals surface area contributed by atoms with Crippen molar-refractivity contribution in [2.24, 2.45) is 0 Å². The smallest absolute Gasteiger partial charge is 0.278 e. The van der Waals surface area contributed by atoms with Gasteiger partial charge < -0.3 is 4.57 Å². The third-order valence-corrected chi connectivity index (χ3v) is 2.63. The molecule has 0 bridgehead atoms. The molecule has 1 aromatic heterocycles. The fourth-order valence-electron chi connectivity index (χ4n) is 1.70. The van der Waals surface area contributed by atoms with Crippen molar-refractivity contribution in [3.05, 3.63) is 40.7 Å². The largest absolute Gasteiger partial charge is 0.348 e.